The summed E-state index contributed by atoms with van der Waals surface area (Å²) in [6.45, 7) is 0.186. The monoisotopic (exact) mass is 489 g/mol. The molecule has 1 aliphatic heterocycles. The first kappa shape index (κ1) is 24.6. The molecule has 3 amide bonds. The Morgan fingerprint density at radius 1 is 0.861 bits per heavy atom. The van der Waals surface area contributed by atoms with Gasteiger partial charge in [0.15, 0.2) is 0 Å². The zero-order valence-corrected chi connectivity index (χ0v) is 20.2. The highest BCUT2D eigenvalue weighted by atomic mass is 16.5. The van der Waals surface area contributed by atoms with Gasteiger partial charge in [-0.2, -0.15) is 0 Å². The summed E-state index contributed by atoms with van der Waals surface area (Å²) in [5.41, 5.74) is 1.78. The maximum Gasteiger partial charge on any atom is 0.257 e. The van der Waals surface area contributed by atoms with Gasteiger partial charge in [0.1, 0.15) is 17.2 Å². The smallest absolute Gasteiger partial charge is 0.257 e. The molecular weight excluding hydrogens is 462 g/mol. The molecule has 0 aromatic heterocycles. The lowest BCUT2D eigenvalue weighted by molar-refractivity contribution is -0.122. The van der Waals surface area contributed by atoms with Crippen LogP contribution in [-0.4, -0.2) is 45.6 Å². The summed E-state index contributed by atoms with van der Waals surface area (Å²) in [7, 11) is 4.60. The second-order valence-electron chi connectivity index (χ2n) is 8.16. The Labute approximate surface area is 209 Å². The van der Waals surface area contributed by atoms with Gasteiger partial charge in [-0.05, 0) is 36.4 Å². The minimum atomic E-state index is -0.598. The third-order valence-corrected chi connectivity index (χ3v) is 5.93. The van der Waals surface area contributed by atoms with Gasteiger partial charge in [0, 0.05) is 30.8 Å². The van der Waals surface area contributed by atoms with Gasteiger partial charge in [-0.3, -0.25) is 14.4 Å². The fourth-order valence-corrected chi connectivity index (χ4v) is 4.05. The number of ether oxygens (including phenoxy) is 3. The fourth-order valence-electron chi connectivity index (χ4n) is 4.05. The van der Waals surface area contributed by atoms with Crippen LogP contribution in [0, 0.1) is 5.92 Å². The Bertz CT molecular complexity index is 1290. The summed E-state index contributed by atoms with van der Waals surface area (Å²) in [5.74, 6) is 0.162. The highest BCUT2D eigenvalue weighted by Gasteiger charge is 2.36. The van der Waals surface area contributed by atoms with Crippen molar-refractivity contribution in [2.75, 3.05) is 43.4 Å². The Hall–Kier alpha value is -4.53. The van der Waals surface area contributed by atoms with Gasteiger partial charge >= 0.3 is 0 Å². The van der Waals surface area contributed by atoms with Gasteiger partial charge in [-0.15, -0.1) is 0 Å². The molecular formula is C27H27N3O6. The van der Waals surface area contributed by atoms with E-state index in [4.69, 9.17) is 14.2 Å². The molecule has 0 bridgehead atoms. The number of hydrogen-bond donors (Lipinski definition) is 2. The topological polar surface area (TPSA) is 106 Å². The number of benzene rings is 3. The van der Waals surface area contributed by atoms with Gasteiger partial charge in [-0.25, -0.2) is 0 Å². The Morgan fingerprint density at radius 3 is 2.36 bits per heavy atom. The summed E-state index contributed by atoms with van der Waals surface area (Å²) in [6, 6.07) is 18.9. The summed E-state index contributed by atoms with van der Waals surface area (Å²) in [6.07, 6.45) is 0.0409. The minimum Gasteiger partial charge on any atom is -0.497 e. The number of para-hydroxylation sites is 1. The van der Waals surface area contributed by atoms with Crippen LogP contribution in [0.3, 0.4) is 0 Å². The number of nitrogens with one attached hydrogen (secondary N) is 2. The van der Waals surface area contributed by atoms with Crippen molar-refractivity contribution in [2.24, 2.45) is 5.92 Å². The molecule has 36 heavy (non-hydrogen) atoms. The van der Waals surface area contributed by atoms with Gasteiger partial charge in [-0.1, -0.05) is 18.2 Å². The van der Waals surface area contributed by atoms with E-state index in [1.807, 2.05) is 0 Å². The van der Waals surface area contributed by atoms with Crippen LogP contribution in [0.1, 0.15) is 16.8 Å². The molecule has 186 valence electrons. The third kappa shape index (κ3) is 5.25. The van der Waals surface area contributed by atoms with Crippen molar-refractivity contribution in [1.29, 1.82) is 0 Å². The molecule has 1 saturated heterocycles. The molecule has 9 nitrogen and oxygen atoms in total. The number of methoxy groups -OCH3 is 3. The number of anilines is 3. The number of nitrogens with zero attached hydrogens (tertiary/aromatic N) is 1. The molecule has 1 unspecified atom stereocenters. The first-order valence-electron chi connectivity index (χ1n) is 11.3. The summed E-state index contributed by atoms with van der Waals surface area (Å²) >= 11 is 0. The van der Waals surface area contributed by atoms with Crippen molar-refractivity contribution < 1.29 is 28.6 Å². The minimum absolute atomic E-state index is 0.0409. The van der Waals surface area contributed by atoms with Crippen molar-refractivity contribution >= 4 is 34.8 Å². The maximum absolute atomic E-state index is 13.1. The predicted molar refractivity (Wildman–Crippen MR) is 136 cm³/mol. The molecule has 4 rings (SSSR count). The molecule has 3 aromatic carbocycles. The number of hydrogen-bond acceptors (Lipinski definition) is 6. The Morgan fingerprint density at radius 2 is 1.61 bits per heavy atom. The SMILES string of the molecule is COc1cccc(NC(=O)c2ccccc2NC(=O)C2CC(=O)N(c3ccc(OC)cc3OC)C2)c1. The first-order chi connectivity index (χ1) is 17.4. The molecule has 2 N–H and O–H groups in total. The Kier molecular flexibility index (Phi) is 7.39. The molecule has 9 heteroatoms. The van der Waals surface area contributed by atoms with Crippen LogP contribution in [0.2, 0.25) is 0 Å². The van der Waals surface area contributed by atoms with E-state index < -0.39 is 5.92 Å². The molecule has 0 saturated carbocycles. The average Bonchev–Trinajstić information content (AvgIpc) is 3.30. The molecule has 0 radical (unpaired) electrons. The lowest BCUT2D eigenvalue weighted by atomic mass is 10.1. The van der Waals surface area contributed by atoms with E-state index in [0.717, 1.165) is 0 Å². The van der Waals surface area contributed by atoms with E-state index in [1.54, 1.807) is 80.9 Å². The van der Waals surface area contributed by atoms with Crippen LogP contribution < -0.4 is 29.7 Å². The zero-order chi connectivity index (χ0) is 25.7. The van der Waals surface area contributed by atoms with Crippen molar-refractivity contribution in [2.45, 2.75) is 6.42 Å². The van der Waals surface area contributed by atoms with Gasteiger partial charge < -0.3 is 29.7 Å². The summed E-state index contributed by atoms with van der Waals surface area (Å²) in [4.78, 5) is 40.4. The molecule has 3 aromatic rings. The second-order valence-corrected chi connectivity index (χ2v) is 8.16. The Balaban J connectivity index is 1.48. The lowest BCUT2D eigenvalue weighted by Gasteiger charge is -2.20. The largest absolute Gasteiger partial charge is 0.497 e. The molecule has 1 atom stereocenters. The van der Waals surface area contributed by atoms with E-state index >= 15 is 0 Å². The van der Waals surface area contributed by atoms with Crippen LogP contribution in [0.25, 0.3) is 0 Å². The normalized spacial score (nSPS) is 14.8. The third-order valence-electron chi connectivity index (χ3n) is 5.93. The average molecular weight is 490 g/mol. The van der Waals surface area contributed by atoms with E-state index in [2.05, 4.69) is 10.6 Å². The highest BCUT2D eigenvalue weighted by Crippen LogP contribution is 2.36. The molecule has 0 aliphatic carbocycles. The van der Waals surface area contributed by atoms with Crippen LogP contribution in [-0.2, 0) is 9.59 Å². The van der Waals surface area contributed by atoms with E-state index in [-0.39, 0.29) is 30.7 Å². The van der Waals surface area contributed by atoms with Crippen molar-refractivity contribution in [3.8, 4) is 17.2 Å². The van der Waals surface area contributed by atoms with Crippen LogP contribution >= 0.6 is 0 Å². The number of carbonyl (C=O) groups is 3. The van der Waals surface area contributed by atoms with E-state index in [9.17, 15) is 14.4 Å². The van der Waals surface area contributed by atoms with Gasteiger partial charge in [0.05, 0.1) is 44.2 Å². The molecule has 0 spiro atoms. The number of amides is 3. The van der Waals surface area contributed by atoms with Crippen LogP contribution in [0.4, 0.5) is 17.1 Å². The first-order valence-corrected chi connectivity index (χ1v) is 11.3. The lowest BCUT2D eigenvalue weighted by Crippen LogP contribution is -2.29. The molecule has 1 fully saturated rings. The second kappa shape index (κ2) is 10.8. The summed E-state index contributed by atoms with van der Waals surface area (Å²) in [5, 5.41) is 5.64. The highest BCUT2D eigenvalue weighted by molar-refractivity contribution is 6.11. The van der Waals surface area contributed by atoms with Crippen molar-refractivity contribution in [3.05, 3.63) is 72.3 Å². The standard InChI is InChI=1S/C27H27N3O6/c1-34-19-8-6-7-18(14-19)28-27(33)21-9-4-5-10-22(21)29-26(32)17-13-25(31)30(16-17)23-12-11-20(35-2)15-24(23)36-3/h4-12,14-15,17H,13,16H2,1-3H3,(H,28,33)(H,29,32). The quantitative estimate of drug-likeness (QED) is 0.496. The van der Waals surface area contributed by atoms with Crippen molar-refractivity contribution in [3.63, 3.8) is 0 Å². The predicted octanol–water partition coefficient (Wildman–Crippen LogP) is 3.96. The maximum atomic E-state index is 13.1. The molecule has 1 aliphatic rings. The number of carbonyl (C=O) groups excluding carboxylic acids is 3. The van der Waals surface area contributed by atoms with Crippen molar-refractivity contribution in [1.82, 2.24) is 0 Å². The number of rotatable bonds is 8. The fraction of sp³-hybridized carbons (Fsp3) is 0.222. The van der Waals surface area contributed by atoms with E-state index in [0.29, 0.717) is 39.9 Å². The van der Waals surface area contributed by atoms with E-state index in [1.165, 1.54) is 12.0 Å². The van der Waals surface area contributed by atoms with Crippen LogP contribution in [0.15, 0.2) is 66.7 Å². The van der Waals surface area contributed by atoms with Gasteiger partial charge in [0.2, 0.25) is 11.8 Å². The zero-order valence-electron chi connectivity index (χ0n) is 20.2. The molecule has 1 heterocycles. The van der Waals surface area contributed by atoms with Crippen LogP contribution in [0.5, 0.6) is 17.2 Å². The summed E-state index contributed by atoms with van der Waals surface area (Å²) < 4.78 is 15.8. The van der Waals surface area contributed by atoms with Gasteiger partial charge in [0.25, 0.3) is 5.91 Å².